The molecule has 5 nitrogen and oxygen atoms in total. The molecule has 1 unspecified atom stereocenters. The molecule has 2 rings (SSSR count). The van der Waals surface area contributed by atoms with Crippen molar-refractivity contribution in [3.63, 3.8) is 0 Å². The molecule has 8 heteroatoms. The lowest BCUT2D eigenvalue weighted by molar-refractivity contribution is 0.398. The molecule has 2 N–H and O–H groups in total. The SMILES string of the molecule is O=S(=O)(NCC1CCCCN1)c1cc(Br)cnc1Cl. The number of nitrogens with one attached hydrogen (secondary N) is 2. The van der Waals surface area contributed by atoms with Gasteiger partial charge in [0.05, 0.1) is 0 Å². The van der Waals surface area contributed by atoms with Crippen LogP contribution in [0, 0.1) is 0 Å². The Balaban J connectivity index is 2.07. The van der Waals surface area contributed by atoms with E-state index in [1.165, 1.54) is 12.3 Å². The molecule has 0 saturated carbocycles. The first-order chi connectivity index (χ1) is 8.99. The number of pyridine rings is 1. The highest BCUT2D eigenvalue weighted by Crippen LogP contribution is 2.22. The monoisotopic (exact) mass is 367 g/mol. The maximum atomic E-state index is 12.2. The molecule has 0 radical (unpaired) electrons. The molecule has 1 fully saturated rings. The zero-order valence-electron chi connectivity index (χ0n) is 10.2. The van der Waals surface area contributed by atoms with E-state index in [9.17, 15) is 8.42 Å². The van der Waals surface area contributed by atoms with Crippen LogP contribution < -0.4 is 10.0 Å². The smallest absolute Gasteiger partial charge is 0.243 e. The lowest BCUT2D eigenvalue weighted by Gasteiger charge is -2.23. The van der Waals surface area contributed by atoms with Gasteiger partial charge in [0.2, 0.25) is 10.0 Å². The van der Waals surface area contributed by atoms with Crippen molar-refractivity contribution < 1.29 is 8.42 Å². The zero-order valence-corrected chi connectivity index (χ0v) is 13.4. The third-order valence-corrected chi connectivity index (χ3v) is 5.28. The molecule has 1 atom stereocenters. The highest BCUT2D eigenvalue weighted by atomic mass is 79.9. The van der Waals surface area contributed by atoms with Crippen LogP contribution in [0.1, 0.15) is 19.3 Å². The van der Waals surface area contributed by atoms with Gasteiger partial charge in [0, 0.05) is 23.3 Å². The molecule has 2 heterocycles. The summed E-state index contributed by atoms with van der Waals surface area (Å²) in [5, 5.41) is 3.26. The highest BCUT2D eigenvalue weighted by Gasteiger charge is 2.21. The van der Waals surface area contributed by atoms with E-state index in [0.29, 0.717) is 11.0 Å². The Morgan fingerprint density at radius 3 is 3.00 bits per heavy atom. The Hall–Kier alpha value is -0.210. The van der Waals surface area contributed by atoms with Gasteiger partial charge in [-0.3, -0.25) is 0 Å². The van der Waals surface area contributed by atoms with E-state index in [1.54, 1.807) is 0 Å². The van der Waals surface area contributed by atoms with Crippen LogP contribution in [0.4, 0.5) is 0 Å². The second kappa shape index (κ2) is 6.49. The second-order valence-corrected chi connectivity index (χ2v) is 7.45. The van der Waals surface area contributed by atoms with E-state index >= 15 is 0 Å². The van der Waals surface area contributed by atoms with Crippen molar-refractivity contribution >= 4 is 37.6 Å². The van der Waals surface area contributed by atoms with Crippen molar-refractivity contribution in [2.45, 2.75) is 30.2 Å². The molecule has 0 amide bonds. The lowest BCUT2D eigenvalue weighted by Crippen LogP contribution is -2.43. The minimum atomic E-state index is -3.63. The summed E-state index contributed by atoms with van der Waals surface area (Å²) in [7, 11) is -3.63. The fourth-order valence-electron chi connectivity index (χ4n) is 1.98. The average molecular weight is 369 g/mol. The Kier molecular flexibility index (Phi) is 5.19. The van der Waals surface area contributed by atoms with Crippen molar-refractivity contribution in [3.8, 4) is 0 Å². The summed E-state index contributed by atoms with van der Waals surface area (Å²) >= 11 is 9.03. The molecule has 0 bridgehead atoms. The molecule has 19 heavy (non-hydrogen) atoms. The van der Waals surface area contributed by atoms with Gasteiger partial charge in [0.1, 0.15) is 10.0 Å². The van der Waals surface area contributed by atoms with Crippen molar-refractivity contribution in [2.75, 3.05) is 13.1 Å². The van der Waals surface area contributed by atoms with E-state index in [1.807, 2.05) is 0 Å². The molecule has 1 saturated heterocycles. The fourth-order valence-corrected chi connectivity index (χ4v) is 4.00. The molecule has 1 aromatic rings. The van der Waals surface area contributed by atoms with Crippen molar-refractivity contribution in [1.82, 2.24) is 15.0 Å². The highest BCUT2D eigenvalue weighted by molar-refractivity contribution is 9.10. The molecule has 0 spiro atoms. The van der Waals surface area contributed by atoms with E-state index in [-0.39, 0.29) is 16.1 Å². The molecule has 106 valence electrons. The van der Waals surface area contributed by atoms with Gasteiger partial charge < -0.3 is 5.32 Å². The van der Waals surface area contributed by atoms with E-state index in [4.69, 9.17) is 11.6 Å². The molecule has 1 aliphatic rings. The number of aromatic nitrogens is 1. The van der Waals surface area contributed by atoms with Gasteiger partial charge in [-0.25, -0.2) is 18.1 Å². The van der Waals surface area contributed by atoms with Crippen LogP contribution in [-0.4, -0.2) is 32.5 Å². The number of nitrogens with zero attached hydrogens (tertiary/aromatic N) is 1. The van der Waals surface area contributed by atoms with Crippen LogP contribution in [0.25, 0.3) is 0 Å². The summed E-state index contributed by atoms with van der Waals surface area (Å²) in [6, 6.07) is 1.63. The second-order valence-electron chi connectivity index (χ2n) is 4.44. The van der Waals surface area contributed by atoms with Gasteiger partial charge in [0.25, 0.3) is 0 Å². The summed E-state index contributed by atoms with van der Waals surface area (Å²) < 4.78 is 27.5. The van der Waals surface area contributed by atoms with Crippen LogP contribution in [0.15, 0.2) is 21.6 Å². The topological polar surface area (TPSA) is 71.1 Å². The number of rotatable bonds is 4. The third-order valence-electron chi connectivity index (χ3n) is 3.00. The Morgan fingerprint density at radius 2 is 2.32 bits per heavy atom. The van der Waals surface area contributed by atoms with Gasteiger partial charge >= 0.3 is 0 Å². The number of halogens is 2. The fraction of sp³-hybridized carbons (Fsp3) is 0.545. The Bertz CT molecular complexity index is 547. The molecule has 0 aliphatic carbocycles. The first-order valence-corrected chi connectivity index (χ1v) is 8.68. The van der Waals surface area contributed by atoms with Gasteiger partial charge in [-0.15, -0.1) is 0 Å². The maximum absolute atomic E-state index is 12.2. The lowest BCUT2D eigenvalue weighted by atomic mass is 10.1. The van der Waals surface area contributed by atoms with E-state index < -0.39 is 10.0 Å². The molecule has 1 aliphatic heterocycles. The maximum Gasteiger partial charge on any atom is 0.243 e. The minimum absolute atomic E-state index is 0.000601. The molecule has 0 aromatic carbocycles. The zero-order chi connectivity index (χ0) is 13.9. The average Bonchev–Trinajstić information content (AvgIpc) is 2.40. The summed E-state index contributed by atoms with van der Waals surface area (Å²) in [6.45, 7) is 1.30. The largest absolute Gasteiger partial charge is 0.313 e. The number of sulfonamides is 1. The minimum Gasteiger partial charge on any atom is -0.313 e. The van der Waals surface area contributed by atoms with Crippen LogP contribution in [0.5, 0.6) is 0 Å². The Labute approximate surface area is 126 Å². The van der Waals surface area contributed by atoms with Crippen LogP contribution >= 0.6 is 27.5 Å². The summed E-state index contributed by atoms with van der Waals surface area (Å²) in [5.41, 5.74) is 0. The van der Waals surface area contributed by atoms with E-state index in [2.05, 4.69) is 31.0 Å². The van der Waals surface area contributed by atoms with Crippen LogP contribution in [0.3, 0.4) is 0 Å². The Morgan fingerprint density at radius 1 is 1.53 bits per heavy atom. The summed E-state index contributed by atoms with van der Waals surface area (Å²) in [5.74, 6) is 0. The molecular formula is C11H15BrClN3O2S. The molecular weight excluding hydrogens is 354 g/mol. The number of hydrogen-bond donors (Lipinski definition) is 2. The van der Waals surface area contributed by atoms with Gasteiger partial charge in [0.15, 0.2) is 0 Å². The third kappa shape index (κ3) is 4.13. The first kappa shape index (κ1) is 15.2. The summed E-state index contributed by atoms with van der Waals surface area (Å²) in [4.78, 5) is 3.82. The van der Waals surface area contributed by atoms with Crippen molar-refractivity contribution in [1.29, 1.82) is 0 Å². The van der Waals surface area contributed by atoms with Gasteiger partial charge in [-0.1, -0.05) is 18.0 Å². The normalized spacial score (nSPS) is 20.4. The van der Waals surface area contributed by atoms with Gasteiger partial charge in [-0.2, -0.15) is 0 Å². The van der Waals surface area contributed by atoms with Crippen LogP contribution in [0.2, 0.25) is 5.15 Å². The van der Waals surface area contributed by atoms with Crippen LogP contribution in [-0.2, 0) is 10.0 Å². The van der Waals surface area contributed by atoms with Crippen molar-refractivity contribution in [3.05, 3.63) is 21.9 Å². The number of piperidine rings is 1. The predicted molar refractivity (Wildman–Crippen MR) is 77.8 cm³/mol. The first-order valence-electron chi connectivity index (χ1n) is 6.03. The predicted octanol–water partition coefficient (Wildman–Crippen LogP) is 1.92. The number of hydrogen-bond acceptors (Lipinski definition) is 4. The standard InChI is InChI=1S/C11H15BrClN3O2S/c12-8-5-10(11(13)15-6-8)19(17,18)16-7-9-3-1-2-4-14-9/h5-6,9,14,16H,1-4,7H2. The van der Waals surface area contributed by atoms with Gasteiger partial charge in [-0.05, 0) is 41.4 Å². The van der Waals surface area contributed by atoms with E-state index in [0.717, 1.165) is 25.8 Å². The quantitative estimate of drug-likeness (QED) is 0.797. The van der Waals surface area contributed by atoms with Crippen molar-refractivity contribution in [2.24, 2.45) is 0 Å². The molecule has 1 aromatic heterocycles. The summed E-state index contributed by atoms with van der Waals surface area (Å²) in [6.07, 6.45) is 4.71.